The highest BCUT2D eigenvalue weighted by Crippen LogP contribution is 2.46. The molecule has 6 heteroatoms. The van der Waals surface area contributed by atoms with Crippen molar-refractivity contribution in [3.63, 3.8) is 0 Å². The van der Waals surface area contributed by atoms with E-state index in [0.717, 1.165) is 19.6 Å². The molecule has 4 aliphatic rings. The van der Waals surface area contributed by atoms with Crippen LogP contribution in [0.3, 0.4) is 0 Å². The Labute approximate surface area is 163 Å². The molecule has 0 N–H and O–H groups in total. The molecule has 6 nitrogen and oxygen atoms in total. The molecule has 0 spiro atoms. The maximum Gasteiger partial charge on any atom is 0.274 e. The van der Waals surface area contributed by atoms with Crippen LogP contribution in [0, 0.1) is 5.92 Å². The minimum absolute atomic E-state index is 0.0488. The first-order valence-electron chi connectivity index (χ1n) is 10.2. The Bertz CT molecular complexity index is 991. The number of fused-ring (bicyclic) bond motifs is 3. The highest BCUT2D eigenvalue weighted by molar-refractivity contribution is 5.93. The summed E-state index contributed by atoms with van der Waals surface area (Å²) in [5, 5.41) is 0. The van der Waals surface area contributed by atoms with E-state index in [9.17, 15) is 4.79 Å². The van der Waals surface area contributed by atoms with Gasteiger partial charge >= 0.3 is 0 Å². The van der Waals surface area contributed by atoms with Crippen molar-refractivity contribution < 1.29 is 4.79 Å². The van der Waals surface area contributed by atoms with Gasteiger partial charge < -0.3 is 4.90 Å². The summed E-state index contributed by atoms with van der Waals surface area (Å²) in [7, 11) is 0. The second-order valence-electron chi connectivity index (χ2n) is 8.28. The molecule has 28 heavy (non-hydrogen) atoms. The van der Waals surface area contributed by atoms with E-state index in [1.54, 1.807) is 6.20 Å². The molecule has 1 aromatic carbocycles. The number of likely N-dealkylation sites (tertiary alicyclic amines) is 1. The number of piperidine rings is 3. The van der Waals surface area contributed by atoms with Gasteiger partial charge in [-0.1, -0.05) is 30.3 Å². The Kier molecular flexibility index (Phi) is 3.56. The summed E-state index contributed by atoms with van der Waals surface area (Å²) in [5.41, 5.74) is 1.85. The van der Waals surface area contributed by atoms with Gasteiger partial charge in [-0.2, -0.15) is 0 Å². The van der Waals surface area contributed by atoms with Gasteiger partial charge in [0, 0.05) is 37.1 Å². The van der Waals surface area contributed by atoms with Gasteiger partial charge in [-0.15, -0.1) is 0 Å². The van der Waals surface area contributed by atoms with E-state index < -0.39 is 0 Å². The van der Waals surface area contributed by atoms with Gasteiger partial charge in [0.25, 0.3) is 5.91 Å². The Balaban J connectivity index is 1.39. The quantitative estimate of drug-likeness (QED) is 0.692. The van der Waals surface area contributed by atoms with E-state index in [-0.39, 0.29) is 11.9 Å². The van der Waals surface area contributed by atoms with Crippen molar-refractivity contribution in [1.82, 2.24) is 24.2 Å². The van der Waals surface area contributed by atoms with Crippen molar-refractivity contribution in [1.29, 1.82) is 0 Å². The monoisotopic (exact) mass is 373 g/mol. The third-order valence-electron chi connectivity index (χ3n) is 6.94. The molecule has 0 saturated carbocycles. The summed E-state index contributed by atoms with van der Waals surface area (Å²) >= 11 is 0. The zero-order chi connectivity index (χ0) is 18.7. The van der Waals surface area contributed by atoms with Crippen LogP contribution < -0.4 is 0 Å². The zero-order valence-corrected chi connectivity index (χ0v) is 15.7. The highest BCUT2D eigenvalue weighted by atomic mass is 16.2. The molecule has 0 unspecified atom stereocenters. The first-order chi connectivity index (χ1) is 13.8. The molecule has 4 fully saturated rings. The van der Waals surface area contributed by atoms with Gasteiger partial charge in [0.1, 0.15) is 5.69 Å². The number of nitrogens with zero attached hydrogens (tertiary/aromatic N) is 5. The van der Waals surface area contributed by atoms with Gasteiger partial charge in [-0.3, -0.25) is 14.1 Å². The van der Waals surface area contributed by atoms with Crippen LogP contribution in [-0.2, 0) is 0 Å². The van der Waals surface area contributed by atoms with Crippen molar-refractivity contribution in [2.24, 2.45) is 5.92 Å². The van der Waals surface area contributed by atoms with E-state index in [0.29, 0.717) is 29.3 Å². The van der Waals surface area contributed by atoms with E-state index >= 15 is 0 Å². The van der Waals surface area contributed by atoms with Gasteiger partial charge in [-0.05, 0) is 43.5 Å². The number of carbonyl (C=O) groups is 1. The van der Waals surface area contributed by atoms with Gasteiger partial charge in [-0.25, -0.2) is 9.97 Å². The van der Waals surface area contributed by atoms with Gasteiger partial charge in [0.2, 0.25) is 5.78 Å². The molecule has 7 rings (SSSR count). The molecule has 2 aromatic heterocycles. The predicted octanol–water partition coefficient (Wildman–Crippen LogP) is 2.43. The molecule has 4 aliphatic heterocycles. The number of carbonyl (C=O) groups excluding carboxylic acids is 1. The number of benzene rings is 1. The molecule has 1 amide bonds. The largest absolute Gasteiger partial charge is 0.332 e. The fourth-order valence-electron chi connectivity index (χ4n) is 5.73. The lowest BCUT2D eigenvalue weighted by Crippen LogP contribution is -2.60. The van der Waals surface area contributed by atoms with Crippen molar-refractivity contribution in [3.8, 4) is 0 Å². The Hall–Kier alpha value is -2.73. The third-order valence-corrected chi connectivity index (χ3v) is 6.94. The average Bonchev–Trinajstić information content (AvgIpc) is 3.38. The maximum absolute atomic E-state index is 13.5. The number of hydrogen-bond acceptors (Lipinski definition) is 4. The summed E-state index contributed by atoms with van der Waals surface area (Å²) in [4.78, 5) is 27.0. The Morgan fingerprint density at radius 1 is 1.04 bits per heavy atom. The molecule has 0 aliphatic carbocycles. The van der Waals surface area contributed by atoms with Crippen LogP contribution in [0.1, 0.15) is 34.8 Å². The van der Waals surface area contributed by atoms with Crippen molar-refractivity contribution >= 4 is 11.7 Å². The highest BCUT2D eigenvalue weighted by Gasteiger charge is 2.54. The SMILES string of the molecule is O=C(c1cn2cccnc2n1)N1C[C@H](c2ccccc2)[C@@H]2[C@H]1C1CCN2CC1. The molecular weight excluding hydrogens is 350 g/mol. The normalized spacial score (nSPS) is 31.3. The van der Waals surface area contributed by atoms with Gasteiger partial charge in [0.15, 0.2) is 0 Å². The van der Waals surface area contributed by atoms with Crippen LogP contribution in [0.25, 0.3) is 5.78 Å². The van der Waals surface area contributed by atoms with Crippen molar-refractivity contribution in [2.45, 2.75) is 30.8 Å². The fraction of sp³-hybridized carbons (Fsp3) is 0.409. The lowest BCUT2D eigenvalue weighted by atomic mass is 9.75. The number of rotatable bonds is 2. The molecule has 4 saturated heterocycles. The lowest BCUT2D eigenvalue weighted by Gasteiger charge is -2.51. The molecule has 6 heterocycles. The summed E-state index contributed by atoms with van der Waals surface area (Å²) in [5.74, 6) is 1.60. The fourth-order valence-corrected chi connectivity index (χ4v) is 5.73. The Morgan fingerprint density at radius 2 is 1.86 bits per heavy atom. The minimum Gasteiger partial charge on any atom is -0.332 e. The number of imidazole rings is 1. The molecule has 2 bridgehead atoms. The second kappa shape index (κ2) is 6.14. The number of aromatic nitrogens is 3. The molecule has 3 atom stereocenters. The van der Waals surface area contributed by atoms with Gasteiger partial charge in [0.05, 0.1) is 6.04 Å². The standard InChI is InChI=1S/C22H23N5O/c28-21(18-14-26-10-4-9-23-22(26)24-18)27-13-17(15-5-2-1-3-6-15)20-19(27)16-7-11-25(20)12-8-16/h1-6,9-10,14,16-17,19-20H,7-8,11-13H2/t17-,19-,20-/m1/s1. The van der Waals surface area contributed by atoms with Crippen molar-refractivity contribution in [2.75, 3.05) is 19.6 Å². The topological polar surface area (TPSA) is 53.7 Å². The summed E-state index contributed by atoms with van der Waals surface area (Å²) in [6.07, 6.45) is 7.80. The van der Waals surface area contributed by atoms with Crippen molar-refractivity contribution in [3.05, 3.63) is 66.2 Å². The molecular formula is C22H23N5O. The first-order valence-corrected chi connectivity index (χ1v) is 10.2. The number of amides is 1. The second-order valence-corrected chi connectivity index (χ2v) is 8.28. The number of hydrogen-bond donors (Lipinski definition) is 0. The molecule has 142 valence electrons. The van der Waals surface area contributed by atoms with Crippen LogP contribution in [0.5, 0.6) is 0 Å². The van der Waals surface area contributed by atoms with E-state index in [4.69, 9.17) is 0 Å². The van der Waals surface area contributed by atoms with Crippen LogP contribution in [0.15, 0.2) is 55.0 Å². The van der Waals surface area contributed by atoms with Crippen LogP contribution in [-0.4, -0.2) is 61.8 Å². The maximum atomic E-state index is 13.5. The van der Waals surface area contributed by atoms with Crippen LogP contribution in [0.2, 0.25) is 0 Å². The first kappa shape index (κ1) is 16.2. The van der Waals surface area contributed by atoms with E-state index in [1.807, 2.05) is 22.9 Å². The summed E-state index contributed by atoms with van der Waals surface area (Å²) in [6, 6.07) is 13.3. The predicted molar refractivity (Wildman–Crippen MR) is 105 cm³/mol. The minimum atomic E-state index is 0.0488. The van der Waals surface area contributed by atoms with Crippen LogP contribution in [0.4, 0.5) is 0 Å². The Morgan fingerprint density at radius 3 is 2.64 bits per heavy atom. The third kappa shape index (κ3) is 2.34. The average molecular weight is 373 g/mol. The smallest absolute Gasteiger partial charge is 0.274 e. The summed E-state index contributed by atoms with van der Waals surface area (Å²) < 4.78 is 1.83. The zero-order valence-electron chi connectivity index (χ0n) is 15.7. The van der Waals surface area contributed by atoms with E-state index in [2.05, 4.69) is 50.1 Å². The van der Waals surface area contributed by atoms with E-state index in [1.165, 1.54) is 18.4 Å². The summed E-state index contributed by atoms with van der Waals surface area (Å²) in [6.45, 7) is 3.09. The lowest BCUT2D eigenvalue weighted by molar-refractivity contribution is -0.00356. The van der Waals surface area contributed by atoms with Crippen LogP contribution >= 0.6 is 0 Å². The molecule has 3 aromatic rings. The molecule has 0 radical (unpaired) electrons.